The normalized spacial score (nSPS) is 10.3. The lowest BCUT2D eigenvalue weighted by Crippen LogP contribution is -2.03. The molecular formula is C13H14FN3O2. The van der Waals surface area contributed by atoms with E-state index in [1.165, 1.54) is 18.5 Å². The molecule has 2 rings (SSSR count). The van der Waals surface area contributed by atoms with E-state index in [1.54, 1.807) is 13.0 Å². The fourth-order valence-corrected chi connectivity index (χ4v) is 1.49. The highest BCUT2D eigenvalue weighted by Gasteiger charge is 2.11. The van der Waals surface area contributed by atoms with Gasteiger partial charge in [-0.25, -0.2) is 4.39 Å². The molecule has 0 atom stereocenters. The summed E-state index contributed by atoms with van der Waals surface area (Å²) >= 11 is 0. The third-order valence-corrected chi connectivity index (χ3v) is 2.44. The second-order valence-corrected chi connectivity index (χ2v) is 3.84. The molecule has 0 aliphatic heterocycles. The Kier molecular flexibility index (Phi) is 3.79. The van der Waals surface area contributed by atoms with Crippen molar-refractivity contribution in [1.29, 1.82) is 0 Å². The van der Waals surface area contributed by atoms with Crippen LogP contribution in [0.5, 0.6) is 17.5 Å². The van der Waals surface area contributed by atoms with Gasteiger partial charge >= 0.3 is 0 Å². The highest BCUT2D eigenvalue weighted by molar-refractivity contribution is 5.56. The number of benzene rings is 1. The Balaban J connectivity index is 2.27. The molecule has 0 saturated carbocycles. The largest absolute Gasteiger partial charge is 0.476 e. The highest BCUT2D eigenvalue weighted by Crippen LogP contribution is 2.31. The molecule has 2 N–H and O–H groups in total. The molecule has 0 radical (unpaired) electrons. The monoisotopic (exact) mass is 263 g/mol. The first-order chi connectivity index (χ1) is 9.11. The third-order valence-electron chi connectivity index (χ3n) is 2.44. The topological polar surface area (TPSA) is 70.3 Å². The fraction of sp³-hybridized carbons (Fsp3) is 0.231. The van der Waals surface area contributed by atoms with Gasteiger partial charge in [0.2, 0.25) is 11.8 Å². The van der Waals surface area contributed by atoms with Gasteiger partial charge in [0.25, 0.3) is 0 Å². The number of nitrogens with two attached hydrogens (primary N) is 1. The minimum atomic E-state index is -0.294. The molecule has 2 aromatic rings. The maximum atomic E-state index is 13.2. The van der Waals surface area contributed by atoms with Gasteiger partial charge in [-0.05, 0) is 37.6 Å². The van der Waals surface area contributed by atoms with Crippen LogP contribution in [0.25, 0.3) is 0 Å². The van der Waals surface area contributed by atoms with E-state index in [4.69, 9.17) is 15.2 Å². The van der Waals surface area contributed by atoms with Crippen LogP contribution in [0.15, 0.2) is 24.5 Å². The van der Waals surface area contributed by atoms with Crippen molar-refractivity contribution in [1.82, 2.24) is 9.97 Å². The molecule has 19 heavy (non-hydrogen) atoms. The Morgan fingerprint density at radius 1 is 1.26 bits per heavy atom. The predicted molar refractivity (Wildman–Crippen MR) is 68.8 cm³/mol. The number of nitrogens with zero attached hydrogens (tertiary/aromatic N) is 2. The van der Waals surface area contributed by atoms with Crippen LogP contribution in [-0.4, -0.2) is 16.6 Å². The van der Waals surface area contributed by atoms with Crippen LogP contribution in [0.1, 0.15) is 12.5 Å². The van der Waals surface area contributed by atoms with E-state index in [0.29, 0.717) is 17.9 Å². The quantitative estimate of drug-likeness (QED) is 0.918. The van der Waals surface area contributed by atoms with Crippen LogP contribution in [-0.2, 0) is 0 Å². The molecule has 0 fully saturated rings. The number of hydrogen-bond acceptors (Lipinski definition) is 5. The zero-order valence-electron chi connectivity index (χ0n) is 10.7. The van der Waals surface area contributed by atoms with Gasteiger partial charge in [0.1, 0.15) is 17.9 Å². The Morgan fingerprint density at radius 3 is 2.68 bits per heavy atom. The van der Waals surface area contributed by atoms with Gasteiger partial charge in [-0.15, -0.1) is 0 Å². The summed E-state index contributed by atoms with van der Waals surface area (Å²) in [6, 6.07) is 4.40. The first-order valence-electron chi connectivity index (χ1n) is 5.79. The molecule has 0 saturated heterocycles. The van der Waals surface area contributed by atoms with Crippen LogP contribution in [0.4, 0.5) is 10.1 Å². The molecule has 0 aliphatic carbocycles. The number of rotatable bonds is 4. The average molecular weight is 263 g/mol. The van der Waals surface area contributed by atoms with E-state index in [1.807, 2.05) is 6.92 Å². The van der Waals surface area contributed by atoms with Crippen molar-refractivity contribution >= 4 is 5.69 Å². The number of anilines is 1. The van der Waals surface area contributed by atoms with Crippen LogP contribution in [0.3, 0.4) is 0 Å². The van der Waals surface area contributed by atoms with Gasteiger partial charge in [0, 0.05) is 0 Å². The molecule has 1 heterocycles. The summed E-state index contributed by atoms with van der Waals surface area (Å²) in [5, 5.41) is 0. The minimum Gasteiger partial charge on any atom is -0.476 e. The van der Waals surface area contributed by atoms with Crippen molar-refractivity contribution < 1.29 is 13.9 Å². The smallest absolute Gasteiger partial charge is 0.249 e. The van der Waals surface area contributed by atoms with E-state index in [2.05, 4.69) is 9.97 Å². The number of hydrogen-bond donors (Lipinski definition) is 1. The maximum absolute atomic E-state index is 13.2. The van der Waals surface area contributed by atoms with E-state index in [0.717, 1.165) is 0 Å². The summed E-state index contributed by atoms with van der Waals surface area (Å²) in [5.41, 5.74) is 6.53. The molecular weight excluding hydrogens is 249 g/mol. The number of ether oxygens (including phenoxy) is 2. The van der Waals surface area contributed by atoms with Crippen molar-refractivity contribution in [2.24, 2.45) is 0 Å². The lowest BCUT2D eigenvalue weighted by Gasteiger charge is -2.10. The first kappa shape index (κ1) is 13.1. The second-order valence-electron chi connectivity index (χ2n) is 3.84. The highest BCUT2D eigenvalue weighted by atomic mass is 19.1. The average Bonchev–Trinajstić information content (AvgIpc) is 2.39. The van der Waals surface area contributed by atoms with E-state index in [9.17, 15) is 4.39 Å². The Morgan fingerprint density at radius 2 is 2.00 bits per heavy atom. The van der Waals surface area contributed by atoms with Crippen molar-refractivity contribution in [3.63, 3.8) is 0 Å². The Bertz CT molecular complexity index is 590. The van der Waals surface area contributed by atoms with Crippen molar-refractivity contribution in [3.8, 4) is 17.5 Å². The number of nitrogen functional groups attached to an aromatic ring is 1. The third kappa shape index (κ3) is 2.90. The molecule has 0 amide bonds. The molecule has 100 valence electrons. The summed E-state index contributed by atoms with van der Waals surface area (Å²) in [4.78, 5) is 7.84. The maximum Gasteiger partial charge on any atom is 0.249 e. The lowest BCUT2D eigenvalue weighted by atomic mass is 10.2. The van der Waals surface area contributed by atoms with Gasteiger partial charge in [-0.2, -0.15) is 9.97 Å². The van der Waals surface area contributed by atoms with Crippen molar-refractivity contribution in [2.75, 3.05) is 12.3 Å². The van der Waals surface area contributed by atoms with Crippen LogP contribution in [0.2, 0.25) is 0 Å². The summed E-state index contributed by atoms with van der Waals surface area (Å²) in [6.45, 7) is 3.92. The molecule has 6 heteroatoms. The van der Waals surface area contributed by atoms with Gasteiger partial charge in [-0.3, -0.25) is 0 Å². The standard InChI is InChI=1S/C13H14FN3O2/c1-3-18-12-11(15)13(17-7-16-12)19-9-4-5-10(14)8(2)6-9/h4-7H,3,15H2,1-2H3. The summed E-state index contributed by atoms with van der Waals surface area (Å²) in [7, 11) is 0. The van der Waals surface area contributed by atoms with Gasteiger partial charge in [-0.1, -0.05) is 0 Å². The van der Waals surface area contributed by atoms with Crippen molar-refractivity contribution in [3.05, 3.63) is 35.9 Å². The van der Waals surface area contributed by atoms with Crippen molar-refractivity contribution in [2.45, 2.75) is 13.8 Å². The van der Waals surface area contributed by atoms with Gasteiger partial charge in [0.05, 0.1) is 6.61 Å². The zero-order valence-corrected chi connectivity index (χ0v) is 10.7. The van der Waals surface area contributed by atoms with Crippen LogP contribution < -0.4 is 15.2 Å². The van der Waals surface area contributed by atoms with E-state index < -0.39 is 0 Å². The van der Waals surface area contributed by atoms with Crippen LogP contribution in [0, 0.1) is 12.7 Å². The molecule has 0 bridgehead atoms. The summed E-state index contributed by atoms with van der Waals surface area (Å²) in [5.74, 6) is 0.612. The Labute approximate surface area is 110 Å². The number of aryl methyl sites for hydroxylation is 1. The predicted octanol–water partition coefficient (Wildman–Crippen LogP) is 2.70. The Hall–Kier alpha value is -2.37. The summed E-state index contributed by atoms with van der Waals surface area (Å²) < 4.78 is 23.9. The van der Waals surface area contributed by atoms with Gasteiger partial charge in [0.15, 0.2) is 5.69 Å². The lowest BCUT2D eigenvalue weighted by molar-refractivity contribution is 0.325. The van der Waals surface area contributed by atoms with E-state index >= 15 is 0 Å². The van der Waals surface area contributed by atoms with Gasteiger partial charge < -0.3 is 15.2 Å². The first-order valence-corrected chi connectivity index (χ1v) is 5.79. The minimum absolute atomic E-state index is 0.185. The SMILES string of the molecule is CCOc1ncnc(Oc2ccc(F)c(C)c2)c1N. The number of halogens is 1. The fourth-order valence-electron chi connectivity index (χ4n) is 1.49. The molecule has 0 spiro atoms. The molecule has 1 aromatic carbocycles. The summed E-state index contributed by atoms with van der Waals surface area (Å²) in [6.07, 6.45) is 1.30. The zero-order chi connectivity index (χ0) is 13.8. The number of aromatic nitrogens is 2. The molecule has 5 nitrogen and oxygen atoms in total. The molecule has 0 aliphatic rings. The van der Waals surface area contributed by atoms with Crippen LogP contribution >= 0.6 is 0 Å². The second kappa shape index (κ2) is 5.51. The van der Waals surface area contributed by atoms with E-state index in [-0.39, 0.29) is 23.3 Å². The molecule has 0 unspecified atom stereocenters. The molecule has 1 aromatic heterocycles.